The standard InChI is InChI=1S/C11H20F2O2/c1-2-3-4-7-15-9-6-5-8(14)10(12)11(9)13/h8-11,14H,2-7H2,1H3. The molecule has 0 bridgehead atoms. The van der Waals surface area contributed by atoms with E-state index in [1.165, 1.54) is 0 Å². The number of hydrogen-bond acceptors (Lipinski definition) is 2. The molecule has 0 heterocycles. The van der Waals surface area contributed by atoms with Crippen molar-refractivity contribution in [3.05, 3.63) is 0 Å². The molecule has 1 aliphatic rings. The van der Waals surface area contributed by atoms with Gasteiger partial charge < -0.3 is 9.84 Å². The smallest absolute Gasteiger partial charge is 0.160 e. The molecule has 4 unspecified atom stereocenters. The molecule has 0 spiro atoms. The highest BCUT2D eigenvalue weighted by molar-refractivity contribution is 4.88. The average molecular weight is 222 g/mol. The largest absolute Gasteiger partial charge is 0.390 e. The number of aliphatic hydroxyl groups is 1. The maximum atomic E-state index is 13.3. The van der Waals surface area contributed by atoms with Crippen molar-refractivity contribution in [1.82, 2.24) is 0 Å². The molecule has 1 rings (SSSR count). The van der Waals surface area contributed by atoms with Crippen LogP contribution in [0.15, 0.2) is 0 Å². The summed E-state index contributed by atoms with van der Waals surface area (Å²) in [5, 5.41) is 9.10. The van der Waals surface area contributed by atoms with Crippen molar-refractivity contribution >= 4 is 0 Å². The van der Waals surface area contributed by atoms with Gasteiger partial charge in [0.1, 0.15) is 0 Å². The Kier molecular flexibility index (Phi) is 5.47. The lowest BCUT2D eigenvalue weighted by Crippen LogP contribution is -2.45. The summed E-state index contributed by atoms with van der Waals surface area (Å²) in [5.41, 5.74) is 0. The maximum absolute atomic E-state index is 13.3. The van der Waals surface area contributed by atoms with E-state index in [9.17, 15) is 8.78 Å². The second-order valence-electron chi connectivity index (χ2n) is 4.15. The van der Waals surface area contributed by atoms with Gasteiger partial charge >= 0.3 is 0 Å². The number of unbranched alkanes of at least 4 members (excludes halogenated alkanes) is 2. The van der Waals surface area contributed by atoms with E-state index in [0.29, 0.717) is 19.4 Å². The summed E-state index contributed by atoms with van der Waals surface area (Å²) in [6, 6.07) is 0. The van der Waals surface area contributed by atoms with Crippen molar-refractivity contribution in [3.63, 3.8) is 0 Å². The Labute approximate surface area is 89.6 Å². The molecule has 4 heteroatoms. The van der Waals surface area contributed by atoms with Crippen LogP contribution in [0.25, 0.3) is 0 Å². The summed E-state index contributed by atoms with van der Waals surface area (Å²) in [6.07, 6.45) is -1.56. The zero-order valence-corrected chi connectivity index (χ0v) is 9.16. The van der Waals surface area contributed by atoms with E-state index >= 15 is 0 Å². The Morgan fingerprint density at radius 1 is 1.20 bits per heavy atom. The van der Waals surface area contributed by atoms with Crippen LogP contribution in [0.2, 0.25) is 0 Å². The molecule has 4 atom stereocenters. The van der Waals surface area contributed by atoms with Crippen LogP contribution in [-0.4, -0.2) is 36.3 Å². The Morgan fingerprint density at radius 2 is 1.93 bits per heavy atom. The highest BCUT2D eigenvalue weighted by Crippen LogP contribution is 2.27. The summed E-state index contributed by atoms with van der Waals surface area (Å²) in [7, 11) is 0. The van der Waals surface area contributed by atoms with Crippen LogP contribution in [0.4, 0.5) is 8.78 Å². The van der Waals surface area contributed by atoms with Crippen LogP contribution in [0.5, 0.6) is 0 Å². The van der Waals surface area contributed by atoms with Gasteiger partial charge in [-0.05, 0) is 19.3 Å². The van der Waals surface area contributed by atoms with Crippen molar-refractivity contribution in [2.75, 3.05) is 6.61 Å². The molecule has 0 radical (unpaired) electrons. The average Bonchev–Trinajstić information content (AvgIpc) is 2.24. The van der Waals surface area contributed by atoms with Crippen molar-refractivity contribution in [2.45, 2.75) is 63.6 Å². The number of aliphatic hydroxyl groups excluding tert-OH is 1. The summed E-state index contributed by atoms with van der Waals surface area (Å²) in [5.74, 6) is 0. The van der Waals surface area contributed by atoms with Gasteiger partial charge in [-0.1, -0.05) is 19.8 Å². The van der Waals surface area contributed by atoms with Gasteiger partial charge in [0.15, 0.2) is 12.3 Å². The van der Waals surface area contributed by atoms with Crippen molar-refractivity contribution < 1.29 is 18.6 Å². The van der Waals surface area contributed by atoms with E-state index in [4.69, 9.17) is 9.84 Å². The molecule has 0 aromatic rings. The lowest BCUT2D eigenvalue weighted by Gasteiger charge is -2.32. The molecule has 0 aromatic carbocycles. The molecule has 0 aliphatic heterocycles. The van der Waals surface area contributed by atoms with E-state index in [-0.39, 0.29) is 0 Å². The van der Waals surface area contributed by atoms with E-state index in [0.717, 1.165) is 19.3 Å². The van der Waals surface area contributed by atoms with Gasteiger partial charge in [-0.25, -0.2) is 8.78 Å². The number of alkyl halides is 2. The minimum absolute atomic E-state index is 0.292. The predicted molar refractivity (Wildman–Crippen MR) is 54.3 cm³/mol. The first-order valence-electron chi connectivity index (χ1n) is 5.74. The van der Waals surface area contributed by atoms with Gasteiger partial charge in [0.25, 0.3) is 0 Å². The molecule has 2 nitrogen and oxygen atoms in total. The molecule has 0 saturated heterocycles. The third-order valence-corrected chi connectivity index (χ3v) is 2.85. The lowest BCUT2D eigenvalue weighted by molar-refractivity contribution is -0.0981. The Hall–Kier alpha value is -0.220. The number of rotatable bonds is 5. The summed E-state index contributed by atoms with van der Waals surface area (Å²) in [6.45, 7) is 2.56. The normalized spacial score (nSPS) is 36.8. The molecule has 1 saturated carbocycles. The first kappa shape index (κ1) is 12.8. The quantitative estimate of drug-likeness (QED) is 0.724. The molecule has 1 N–H and O–H groups in total. The zero-order valence-electron chi connectivity index (χ0n) is 9.16. The third-order valence-electron chi connectivity index (χ3n) is 2.85. The summed E-state index contributed by atoms with van der Waals surface area (Å²) >= 11 is 0. The first-order valence-corrected chi connectivity index (χ1v) is 5.74. The van der Waals surface area contributed by atoms with Gasteiger partial charge in [0.05, 0.1) is 12.2 Å². The molecular formula is C11H20F2O2. The van der Waals surface area contributed by atoms with E-state index in [1.807, 2.05) is 0 Å². The third kappa shape index (κ3) is 3.68. The van der Waals surface area contributed by atoms with Crippen molar-refractivity contribution in [2.24, 2.45) is 0 Å². The van der Waals surface area contributed by atoms with Gasteiger partial charge in [-0.15, -0.1) is 0 Å². The molecule has 90 valence electrons. The molecule has 15 heavy (non-hydrogen) atoms. The minimum atomic E-state index is -1.78. The molecule has 0 amide bonds. The van der Waals surface area contributed by atoms with Crippen LogP contribution in [0.3, 0.4) is 0 Å². The fraction of sp³-hybridized carbons (Fsp3) is 1.00. The van der Waals surface area contributed by atoms with E-state index < -0.39 is 24.6 Å². The second-order valence-corrected chi connectivity index (χ2v) is 4.15. The Bertz CT molecular complexity index is 178. The highest BCUT2D eigenvalue weighted by Gasteiger charge is 2.39. The Morgan fingerprint density at radius 3 is 2.60 bits per heavy atom. The van der Waals surface area contributed by atoms with Gasteiger partial charge in [0, 0.05) is 6.61 Å². The zero-order chi connectivity index (χ0) is 11.3. The van der Waals surface area contributed by atoms with Crippen LogP contribution in [-0.2, 0) is 4.74 Å². The number of halogens is 2. The lowest BCUT2D eigenvalue weighted by atomic mass is 9.91. The molecular weight excluding hydrogens is 202 g/mol. The minimum Gasteiger partial charge on any atom is -0.390 e. The Balaban J connectivity index is 2.23. The molecule has 1 aliphatic carbocycles. The monoisotopic (exact) mass is 222 g/mol. The van der Waals surface area contributed by atoms with Crippen LogP contribution in [0.1, 0.15) is 39.0 Å². The summed E-state index contributed by atoms with van der Waals surface area (Å²) in [4.78, 5) is 0. The maximum Gasteiger partial charge on any atom is 0.160 e. The molecule has 0 aromatic heterocycles. The number of ether oxygens (including phenoxy) is 1. The number of hydrogen-bond donors (Lipinski definition) is 1. The predicted octanol–water partition coefficient (Wildman–Crippen LogP) is 2.39. The topological polar surface area (TPSA) is 29.5 Å². The van der Waals surface area contributed by atoms with E-state index in [2.05, 4.69) is 6.92 Å². The fourth-order valence-corrected chi connectivity index (χ4v) is 1.83. The van der Waals surface area contributed by atoms with Crippen LogP contribution in [0, 0.1) is 0 Å². The first-order chi connectivity index (χ1) is 7.16. The SMILES string of the molecule is CCCCCOC1CCC(O)C(F)C1F. The van der Waals surface area contributed by atoms with Gasteiger partial charge in [0.2, 0.25) is 0 Å². The summed E-state index contributed by atoms with van der Waals surface area (Å²) < 4.78 is 31.7. The van der Waals surface area contributed by atoms with Crippen molar-refractivity contribution in [1.29, 1.82) is 0 Å². The van der Waals surface area contributed by atoms with Crippen LogP contribution < -0.4 is 0 Å². The van der Waals surface area contributed by atoms with Gasteiger partial charge in [-0.3, -0.25) is 0 Å². The van der Waals surface area contributed by atoms with Crippen molar-refractivity contribution in [3.8, 4) is 0 Å². The second kappa shape index (κ2) is 6.38. The highest BCUT2D eigenvalue weighted by atomic mass is 19.2. The fourth-order valence-electron chi connectivity index (χ4n) is 1.83. The van der Waals surface area contributed by atoms with E-state index in [1.54, 1.807) is 0 Å². The van der Waals surface area contributed by atoms with Gasteiger partial charge in [-0.2, -0.15) is 0 Å². The van der Waals surface area contributed by atoms with Crippen LogP contribution >= 0.6 is 0 Å². The molecule has 1 fully saturated rings.